The van der Waals surface area contributed by atoms with Crippen molar-refractivity contribution in [2.75, 3.05) is 11.9 Å². The zero-order valence-electron chi connectivity index (χ0n) is 13.5. The second-order valence-electron chi connectivity index (χ2n) is 6.69. The summed E-state index contributed by atoms with van der Waals surface area (Å²) in [6.45, 7) is 9.22. The highest BCUT2D eigenvalue weighted by atomic mass is 35.5. The van der Waals surface area contributed by atoms with Crippen LogP contribution in [0.15, 0.2) is 18.2 Å². The number of hydrogen-bond donors (Lipinski definition) is 2. The average Bonchev–Trinajstić information content (AvgIpc) is 2.37. The standard InChI is InChI=1S/C17H27ClN2O/c1-12-5-7-14(18)11-15(12)20-16(21)8-6-13(9-10-19)17(2,3)4/h5,7,11,13H,6,8-10,19H2,1-4H3,(H,20,21). The third-order valence-electron chi connectivity index (χ3n) is 3.93. The van der Waals surface area contributed by atoms with Crippen LogP contribution in [0.5, 0.6) is 0 Å². The number of rotatable bonds is 6. The maximum atomic E-state index is 12.1. The molecule has 4 heteroatoms. The maximum absolute atomic E-state index is 12.1. The van der Waals surface area contributed by atoms with Crippen molar-refractivity contribution in [2.24, 2.45) is 17.1 Å². The van der Waals surface area contributed by atoms with Gasteiger partial charge in [-0.15, -0.1) is 0 Å². The summed E-state index contributed by atoms with van der Waals surface area (Å²) in [5.74, 6) is 0.486. The molecular formula is C17H27ClN2O. The molecule has 0 aliphatic rings. The third kappa shape index (κ3) is 6.06. The molecule has 1 rings (SSSR count). The molecule has 3 nitrogen and oxygen atoms in total. The number of benzene rings is 1. The summed E-state index contributed by atoms with van der Waals surface area (Å²) in [5.41, 5.74) is 7.66. The van der Waals surface area contributed by atoms with Crippen molar-refractivity contribution in [3.63, 3.8) is 0 Å². The van der Waals surface area contributed by atoms with Crippen LogP contribution in [0.4, 0.5) is 5.69 Å². The molecule has 0 saturated carbocycles. The Morgan fingerprint density at radius 2 is 2.00 bits per heavy atom. The Bertz CT molecular complexity index is 480. The molecule has 0 fully saturated rings. The first-order valence-corrected chi connectivity index (χ1v) is 7.88. The molecule has 0 aliphatic carbocycles. The van der Waals surface area contributed by atoms with Crippen LogP contribution >= 0.6 is 11.6 Å². The molecule has 0 radical (unpaired) electrons. The second kappa shape index (κ2) is 7.81. The van der Waals surface area contributed by atoms with Crippen LogP contribution in [0.1, 0.15) is 45.6 Å². The van der Waals surface area contributed by atoms with Crippen molar-refractivity contribution in [1.29, 1.82) is 0 Å². The van der Waals surface area contributed by atoms with E-state index in [9.17, 15) is 4.79 Å². The molecule has 118 valence electrons. The van der Waals surface area contributed by atoms with E-state index in [0.717, 1.165) is 24.1 Å². The summed E-state index contributed by atoms with van der Waals surface area (Å²) in [6.07, 6.45) is 2.31. The van der Waals surface area contributed by atoms with Crippen LogP contribution < -0.4 is 11.1 Å². The Balaban J connectivity index is 2.59. The summed E-state index contributed by atoms with van der Waals surface area (Å²) in [7, 11) is 0. The number of halogens is 1. The van der Waals surface area contributed by atoms with Crippen molar-refractivity contribution in [3.8, 4) is 0 Å². The highest BCUT2D eigenvalue weighted by molar-refractivity contribution is 6.31. The first kappa shape index (κ1) is 18.0. The highest BCUT2D eigenvalue weighted by Gasteiger charge is 2.24. The lowest BCUT2D eigenvalue weighted by atomic mass is 9.76. The number of aryl methyl sites for hydroxylation is 1. The molecule has 0 saturated heterocycles. The van der Waals surface area contributed by atoms with Gasteiger partial charge in [-0.1, -0.05) is 38.4 Å². The molecule has 0 spiro atoms. The van der Waals surface area contributed by atoms with Crippen molar-refractivity contribution >= 4 is 23.2 Å². The quantitative estimate of drug-likeness (QED) is 0.819. The number of nitrogens with two attached hydrogens (primary N) is 1. The van der Waals surface area contributed by atoms with E-state index in [1.54, 1.807) is 6.07 Å². The lowest BCUT2D eigenvalue weighted by Gasteiger charge is -2.30. The van der Waals surface area contributed by atoms with Gasteiger partial charge in [0.25, 0.3) is 0 Å². The van der Waals surface area contributed by atoms with Crippen molar-refractivity contribution in [2.45, 2.75) is 47.0 Å². The maximum Gasteiger partial charge on any atom is 0.224 e. The lowest BCUT2D eigenvalue weighted by Crippen LogP contribution is -2.25. The van der Waals surface area contributed by atoms with Gasteiger partial charge in [0.2, 0.25) is 5.91 Å². The number of hydrogen-bond acceptors (Lipinski definition) is 2. The third-order valence-corrected chi connectivity index (χ3v) is 4.17. The van der Waals surface area contributed by atoms with Gasteiger partial charge < -0.3 is 11.1 Å². The van der Waals surface area contributed by atoms with Crippen LogP contribution in [-0.4, -0.2) is 12.5 Å². The SMILES string of the molecule is Cc1ccc(Cl)cc1NC(=O)CCC(CCN)C(C)(C)C. The van der Waals surface area contributed by atoms with Crippen LogP contribution in [0.25, 0.3) is 0 Å². The van der Waals surface area contributed by atoms with Gasteiger partial charge in [0.05, 0.1) is 0 Å². The Morgan fingerprint density at radius 3 is 2.57 bits per heavy atom. The van der Waals surface area contributed by atoms with E-state index < -0.39 is 0 Å². The van der Waals surface area contributed by atoms with Gasteiger partial charge in [0.15, 0.2) is 0 Å². The van der Waals surface area contributed by atoms with E-state index in [1.807, 2.05) is 19.1 Å². The van der Waals surface area contributed by atoms with Crippen molar-refractivity contribution < 1.29 is 4.79 Å². The minimum atomic E-state index is 0.0339. The zero-order chi connectivity index (χ0) is 16.0. The van der Waals surface area contributed by atoms with Crippen LogP contribution in [0, 0.1) is 18.3 Å². The molecule has 0 heterocycles. The van der Waals surface area contributed by atoms with Gasteiger partial charge in [0, 0.05) is 17.1 Å². The van der Waals surface area contributed by atoms with E-state index >= 15 is 0 Å². The number of carbonyl (C=O) groups is 1. The molecule has 1 amide bonds. The Morgan fingerprint density at radius 1 is 1.33 bits per heavy atom. The van der Waals surface area contributed by atoms with E-state index in [1.165, 1.54) is 0 Å². The first-order valence-electron chi connectivity index (χ1n) is 7.50. The van der Waals surface area contributed by atoms with Crippen LogP contribution in [-0.2, 0) is 4.79 Å². The van der Waals surface area contributed by atoms with Gasteiger partial charge in [-0.3, -0.25) is 4.79 Å². The Labute approximate surface area is 133 Å². The van der Waals surface area contributed by atoms with E-state index in [-0.39, 0.29) is 11.3 Å². The fourth-order valence-electron chi connectivity index (χ4n) is 2.46. The molecule has 1 unspecified atom stereocenters. The molecule has 21 heavy (non-hydrogen) atoms. The van der Waals surface area contributed by atoms with Gasteiger partial charge in [-0.25, -0.2) is 0 Å². The number of carbonyl (C=O) groups excluding carboxylic acids is 1. The fraction of sp³-hybridized carbons (Fsp3) is 0.588. The average molecular weight is 311 g/mol. The molecule has 0 aliphatic heterocycles. The van der Waals surface area contributed by atoms with Gasteiger partial charge >= 0.3 is 0 Å². The van der Waals surface area contributed by atoms with Crippen molar-refractivity contribution in [3.05, 3.63) is 28.8 Å². The highest BCUT2D eigenvalue weighted by Crippen LogP contribution is 2.32. The normalized spacial score (nSPS) is 13.0. The van der Waals surface area contributed by atoms with Crippen LogP contribution in [0.2, 0.25) is 5.02 Å². The molecule has 1 aromatic rings. The molecule has 0 bridgehead atoms. The summed E-state index contributed by atoms with van der Waals surface area (Å²) in [4.78, 5) is 12.1. The Kier molecular flexibility index (Phi) is 6.69. The number of amides is 1. The largest absolute Gasteiger partial charge is 0.330 e. The fourth-order valence-corrected chi connectivity index (χ4v) is 2.63. The molecule has 1 aromatic carbocycles. The second-order valence-corrected chi connectivity index (χ2v) is 7.12. The van der Waals surface area contributed by atoms with Crippen molar-refractivity contribution in [1.82, 2.24) is 0 Å². The minimum absolute atomic E-state index is 0.0339. The predicted octanol–water partition coefficient (Wildman–Crippen LogP) is 4.38. The molecular weight excluding hydrogens is 284 g/mol. The predicted molar refractivity (Wildman–Crippen MR) is 90.7 cm³/mol. The first-order chi connectivity index (χ1) is 9.74. The number of nitrogens with one attached hydrogen (secondary N) is 1. The summed E-state index contributed by atoms with van der Waals surface area (Å²) < 4.78 is 0. The van der Waals surface area contributed by atoms with Gasteiger partial charge in [-0.2, -0.15) is 0 Å². The van der Waals surface area contributed by atoms with E-state index in [2.05, 4.69) is 26.1 Å². The zero-order valence-corrected chi connectivity index (χ0v) is 14.3. The van der Waals surface area contributed by atoms with Gasteiger partial charge in [0.1, 0.15) is 0 Å². The molecule has 1 atom stereocenters. The molecule has 3 N–H and O–H groups in total. The van der Waals surface area contributed by atoms with E-state index in [0.29, 0.717) is 23.9 Å². The topological polar surface area (TPSA) is 55.1 Å². The monoisotopic (exact) mass is 310 g/mol. The molecule has 0 aromatic heterocycles. The van der Waals surface area contributed by atoms with Gasteiger partial charge in [-0.05, 0) is 55.3 Å². The Hall–Kier alpha value is -1.06. The van der Waals surface area contributed by atoms with E-state index in [4.69, 9.17) is 17.3 Å². The smallest absolute Gasteiger partial charge is 0.224 e. The lowest BCUT2D eigenvalue weighted by molar-refractivity contribution is -0.116. The summed E-state index contributed by atoms with van der Waals surface area (Å²) in [6, 6.07) is 5.52. The van der Waals surface area contributed by atoms with Crippen LogP contribution in [0.3, 0.4) is 0 Å². The number of anilines is 1. The summed E-state index contributed by atoms with van der Waals surface area (Å²) >= 11 is 5.96. The minimum Gasteiger partial charge on any atom is -0.330 e. The summed E-state index contributed by atoms with van der Waals surface area (Å²) in [5, 5.41) is 3.58.